The van der Waals surface area contributed by atoms with Gasteiger partial charge >= 0.3 is 5.97 Å². The summed E-state index contributed by atoms with van der Waals surface area (Å²) in [5.74, 6) is -0.572. The van der Waals surface area contributed by atoms with Crippen LogP contribution in [0.3, 0.4) is 0 Å². The number of ether oxygens (including phenoxy) is 1. The minimum atomic E-state index is -1.71. The zero-order valence-corrected chi connectivity index (χ0v) is 21.4. The van der Waals surface area contributed by atoms with Gasteiger partial charge in [-0.15, -0.1) is 11.3 Å². The van der Waals surface area contributed by atoms with Gasteiger partial charge in [-0.25, -0.2) is 27.5 Å². The molecular weight excluding hydrogens is 530 g/mol. The summed E-state index contributed by atoms with van der Waals surface area (Å²) < 4.78 is 46.5. The van der Waals surface area contributed by atoms with Crippen molar-refractivity contribution >= 4 is 45.7 Å². The third-order valence-electron chi connectivity index (χ3n) is 5.31. The number of carbonyl (C=O) groups excluding carboxylic acids is 1. The predicted molar refractivity (Wildman–Crippen MR) is 135 cm³/mol. The fraction of sp³-hybridized carbons (Fsp3) is 0.208. The second kappa shape index (κ2) is 11.8. The van der Waals surface area contributed by atoms with Crippen molar-refractivity contribution in [2.75, 3.05) is 20.2 Å². The lowest BCUT2D eigenvalue weighted by atomic mass is 10.1. The molecule has 12 heteroatoms. The SMILES string of the molecule is COC(=O)C1=C2CC(NS(=O)c3ccccc3F)CN2C(c2nccs2)=NC1.Fc1cccc(Cl)c1. The van der Waals surface area contributed by atoms with Crippen LogP contribution in [0.2, 0.25) is 5.02 Å². The van der Waals surface area contributed by atoms with Gasteiger partial charge in [0.15, 0.2) is 10.8 Å². The summed E-state index contributed by atoms with van der Waals surface area (Å²) in [4.78, 5) is 23.0. The molecule has 0 amide bonds. The molecule has 3 heterocycles. The molecule has 1 N–H and O–H groups in total. The first-order valence-corrected chi connectivity index (χ1v) is 13.1. The van der Waals surface area contributed by atoms with Crippen LogP contribution in [0, 0.1) is 11.6 Å². The third-order valence-corrected chi connectivity index (χ3v) is 7.59. The molecule has 0 aliphatic carbocycles. The quantitative estimate of drug-likeness (QED) is 0.478. The molecule has 2 unspecified atom stereocenters. The number of amidine groups is 1. The third kappa shape index (κ3) is 6.04. The molecule has 0 spiro atoms. The number of rotatable bonds is 5. The number of carbonyl (C=O) groups is 1. The summed E-state index contributed by atoms with van der Waals surface area (Å²) in [5, 5.41) is 3.04. The molecule has 2 aliphatic heterocycles. The van der Waals surface area contributed by atoms with Crippen molar-refractivity contribution in [1.29, 1.82) is 0 Å². The molecule has 0 bridgehead atoms. The van der Waals surface area contributed by atoms with Crippen LogP contribution < -0.4 is 4.72 Å². The molecule has 2 atom stereocenters. The van der Waals surface area contributed by atoms with E-state index in [0.29, 0.717) is 29.4 Å². The first-order chi connectivity index (χ1) is 17.4. The van der Waals surface area contributed by atoms with Crippen molar-refractivity contribution in [1.82, 2.24) is 14.6 Å². The summed E-state index contributed by atoms with van der Waals surface area (Å²) in [6.07, 6.45) is 2.15. The monoisotopic (exact) mass is 550 g/mol. The van der Waals surface area contributed by atoms with Crippen LogP contribution in [0.5, 0.6) is 0 Å². The molecule has 2 aliphatic rings. The van der Waals surface area contributed by atoms with Crippen molar-refractivity contribution in [3.8, 4) is 0 Å². The minimum absolute atomic E-state index is 0.100. The number of methoxy groups -OCH3 is 1. The van der Waals surface area contributed by atoms with Crippen molar-refractivity contribution in [2.24, 2.45) is 4.99 Å². The Kier molecular flexibility index (Phi) is 8.57. The number of thiazole rings is 1. The Labute approximate surface area is 218 Å². The maximum atomic E-state index is 13.9. The molecule has 0 saturated carbocycles. The Bertz CT molecular complexity index is 1320. The fourth-order valence-electron chi connectivity index (χ4n) is 3.74. The first-order valence-electron chi connectivity index (χ1n) is 10.7. The second-order valence-electron chi connectivity index (χ2n) is 7.66. The molecule has 36 heavy (non-hydrogen) atoms. The number of halogens is 3. The molecule has 7 nitrogen and oxygen atoms in total. The summed E-state index contributed by atoms with van der Waals surface area (Å²) in [7, 11) is -0.382. The molecule has 1 aromatic heterocycles. The number of aromatic nitrogens is 1. The molecule has 1 saturated heterocycles. The van der Waals surface area contributed by atoms with Gasteiger partial charge < -0.3 is 9.64 Å². The molecule has 3 aromatic rings. The van der Waals surface area contributed by atoms with Crippen molar-refractivity contribution in [3.05, 3.63) is 93.0 Å². The van der Waals surface area contributed by atoms with Gasteiger partial charge in [0.2, 0.25) is 0 Å². The maximum Gasteiger partial charge on any atom is 0.337 e. The van der Waals surface area contributed by atoms with E-state index in [1.165, 1.54) is 42.7 Å². The lowest BCUT2D eigenvalue weighted by Crippen LogP contribution is -2.38. The largest absolute Gasteiger partial charge is 0.466 e. The number of hydrogen-bond donors (Lipinski definition) is 1. The fourth-order valence-corrected chi connectivity index (χ4v) is 5.61. The van der Waals surface area contributed by atoms with E-state index in [2.05, 4.69) is 14.7 Å². The number of nitrogens with one attached hydrogen (secondary N) is 1. The van der Waals surface area contributed by atoms with E-state index in [-0.39, 0.29) is 23.3 Å². The van der Waals surface area contributed by atoms with Gasteiger partial charge in [-0.1, -0.05) is 29.8 Å². The average molecular weight is 551 g/mol. The summed E-state index contributed by atoms with van der Waals surface area (Å²) in [6.45, 7) is 0.644. The molecular formula is C24H21ClF2N4O3S2. The average Bonchev–Trinajstić information content (AvgIpc) is 3.54. The van der Waals surface area contributed by atoms with Crippen molar-refractivity contribution < 1.29 is 22.5 Å². The van der Waals surface area contributed by atoms with Gasteiger partial charge in [-0.05, 0) is 30.3 Å². The number of nitrogens with zero attached hydrogens (tertiary/aromatic N) is 3. The molecule has 1 fully saturated rings. The Morgan fingerprint density at radius 2 is 2.06 bits per heavy atom. The predicted octanol–water partition coefficient (Wildman–Crippen LogP) is 4.34. The van der Waals surface area contributed by atoms with Gasteiger partial charge in [-0.2, -0.15) is 0 Å². The van der Waals surface area contributed by atoms with Gasteiger partial charge in [0, 0.05) is 41.3 Å². The second-order valence-corrected chi connectivity index (χ2v) is 10.2. The van der Waals surface area contributed by atoms with E-state index in [0.717, 1.165) is 10.7 Å². The van der Waals surface area contributed by atoms with Crippen LogP contribution in [-0.2, 0) is 20.5 Å². The number of fused-ring (bicyclic) bond motifs is 1. The van der Waals surface area contributed by atoms with E-state index in [1.54, 1.807) is 30.5 Å². The normalized spacial score (nSPS) is 17.6. The van der Waals surface area contributed by atoms with E-state index < -0.39 is 22.8 Å². The lowest BCUT2D eigenvalue weighted by Gasteiger charge is -2.26. The zero-order valence-electron chi connectivity index (χ0n) is 19.0. The van der Waals surface area contributed by atoms with Gasteiger partial charge in [0.25, 0.3) is 0 Å². The first kappa shape index (κ1) is 26.1. The van der Waals surface area contributed by atoms with Gasteiger partial charge in [0.1, 0.15) is 22.6 Å². The Morgan fingerprint density at radius 3 is 2.69 bits per heavy atom. The van der Waals surface area contributed by atoms with E-state index in [9.17, 15) is 17.8 Å². The van der Waals surface area contributed by atoms with Crippen LogP contribution >= 0.6 is 22.9 Å². The summed E-state index contributed by atoms with van der Waals surface area (Å²) >= 11 is 6.86. The van der Waals surface area contributed by atoms with Crippen LogP contribution in [0.4, 0.5) is 8.78 Å². The van der Waals surface area contributed by atoms with Gasteiger partial charge in [-0.3, -0.25) is 4.99 Å². The molecule has 5 rings (SSSR count). The van der Waals surface area contributed by atoms with Gasteiger partial charge in [0.05, 0.1) is 24.1 Å². The van der Waals surface area contributed by atoms with Crippen LogP contribution in [0.25, 0.3) is 0 Å². The topological polar surface area (TPSA) is 83.9 Å². The van der Waals surface area contributed by atoms with Crippen LogP contribution in [0.1, 0.15) is 11.4 Å². The van der Waals surface area contributed by atoms with Crippen molar-refractivity contribution in [2.45, 2.75) is 17.4 Å². The number of hydrogen-bond acceptors (Lipinski definition) is 7. The molecule has 188 valence electrons. The van der Waals surface area contributed by atoms with Crippen LogP contribution in [-0.4, -0.2) is 52.1 Å². The highest BCUT2D eigenvalue weighted by atomic mass is 35.5. The van der Waals surface area contributed by atoms with E-state index >= 15 is 0 Å². The van der Waals surface area contributed by atoms with Crippen molar-refractivity contribution in [3.63, 3.8) is 0 Å². The highest BCUT2D eigenvalue weighted by Crippen LogP contribution is 2.32. The summed E-state index contributed by atoms with van der Waals surface area (Å²) in [5.41, 5.74) is 1.25. The van der Waals surface area contributed by atoms with E-state index in [4.69, 9.17) is 16.3 Å². The zero-order chi connectivity index (χ0) is 25.7. The Hall–Kier alpha value is -2.99. The smallest absolute Gasteiger partial charge is 0.337 e. The number of benzene rings is 2. The number of aliphatic imine (C=N–C) groups is 1. The highest BCUT2D eigenvalue weighted by Gasteiger charge is 2.38. The molecule has 2 aromatic carbocycles. The number of esters is 1. The standard InChI is InChI=1S/C18H17FN4O3S2.C6H4ClF/c1-26-18(24)12-9-21-16(17-20-6-7-27-17)23-10-11(8-14(12)23)22-28(25)15-5-3-2-4-13(15)19;7-5-2-1-3-6(8)4-5/h2-7,11,22H,8-10H2,1H3;1-4H. The highest BCUT2D eigenvalue weighted by molar-refractivity contribution is 7.83. The maximum absolute atomic E-state index is 13.9. The van der Waals surface area contributed by atoms with Crippen LogP contribution in [0.15, 0.2) is 81.3 Å². The Morgan fingerprint density at radius 1 is 1.25 bits per heavy atom. The Balaban J connectivity index is 0.000000325. The van der Waals surface area contributed by atoms with E-state index in [1.807, 2.05) is 10.3 Å². The summed E-state index contributed by atoms with van der Waals surface area (Å²) in [6, 6.07) is 11.5. The lowest BCUT2D eigenvalue weighted by molar-refractivity contribution is -0.136. The minimum Gasteiger partial charge on any atom is -0.466 e. The molecule has 0 radical (unpaired) electrons.